The predicted octanol–water partition coefficient (Wildman–Crippen LogP) is 6.74. The number of hydrogen-bond donors (Lipinski definition) is 0. The highest BCUT2D eigenvalue weighted by Crippen LogP contribution is 2.37. The van der Waals surface area contributed by atoms with Crippen molar-refractivity contribution in [3.63, 3.8) is 0 Å². The number of rotatable bonds is 5. The summed E-state index contributed by atoms with van der Waals surface area (Å²) >= 11 is 0. The minimum absolute atomic E-state index is 0.0149. The number of halogens is 7. The van der Waals surface area contributed by atoms with E-state index >= 15 is 0 Å². The molecule has 0 aliphatic heterocycles. The van der Waals surface area contributed by atoms with Gasteiger partial charge < -0.3 is 4.74 Å². The Bertz CT molecular complexity index is 999. The van der Waals surface area contributed by atoms with E-state index < -0.39 is 46.5 Å². The van der Waals surface area contributed by atoms with E-state index in [0.717, 1.165) is 12.0 Å². The van der Waals surface area contributed by atoms with Crippen LogP contribution in [0.2, 0.25) is 0 Å². The number of ether oxygens (including phenoxy) is 1. The summed E-state index contributed by atoms with van der Waals surface area (Å²) < 4.78 is 101. The molecule has 3 rings (SSSR count). The largest absolute Gasteiger partial charge is 0.432 e. The smallest absolute Gasteiger partial charge is 0.429 e. The lowest BCUT2D eigenvalue weighted by atomic mass is 10.0. The fourth-order valence-corrected chi connectivity index (χ4v) is 2.74. The van der Waals surface area contributed by atoms with Gasteiger partial charge >= 0.3 is 6.11 Å². The SMILES string of the molecule is CCc1ccc(-c2cc(F)c(C(F)(F)Oc3cc(F)c(F)c(F)c3)c(F)c2)cc1. The van der Waals surface area contributed by atoms with Crippen LogP contribution in [0.3, 0.4) is 0 Å². The molecule has 0 unspecified atom stereocenters. The number of alkyl halides is 2. The molecule has 0 amide bonds. The molecule has 0 atom stereocenters. The van der Waals surface area contributed by atoms with Crippen molar-refractivity contribution in [3.8, 4) is 16.9 Å². The normalized spacial score (nSPS) is 11.6. The van der Waals surface area contributed by atoms with Crippen LogP contribution in [0.1, 0.15) is 18.1 Å². The maximum atomic E-state index is 14.4. The molecule has 0 saturated heterocycles. The fraction of sp³-hybridized carbons (Fsp3) is 0.143. The Hall–Kier alpha value is -3.03. The highest BCUT2D eigenvalue weighted by molar-refractivity contribution is 5.64. The van der Waals surface area contributed by atoms with Crippen molar-refractivity contribution in [2.24, 2.45) is 0 Å². The molecule has 0 fully saturated rings. The second kappa shape index (κ2) is 7.77. The van der Waals surface area contributed by atoms with E-state index in [-0.39, 0.29) is 17.7 Å². The third kappa shape index (κ3) is 4.21. The van der Waals surface area contributed by atoms with Gasteiger partial charge in [0.1, 0.15) is 22.9 Å². The van der Waals surface area contributed by atoms with Crippen LogP contribution in [0.5, 0.6) is 5.75 Å². The molecule has 0 heterocycles. The van der Waals surface area contributed by atoms with E-state index in [4.69, 9.17) is 0 Å². The Morgan fingerprint density at radius 3 is 1.72 bits per heavy atom. The zero-order valence-corrected chi connectivity index (χ0v) is 14.9. The molecule has 0 N–H and O–H groups in total. The molecular weight excluding hydrogens is 401 g/mol. The first-order valence-corrected chi connectivity index (χ1v) is 8.42. The molecule has 0 saturated carbocycles. The Balaban J connectivity index is 1.97. The summed E-state index contributed by atoms with van der Waals surface area (Å²) in [4.78, 5) is 0. The summed E-state index contributed by atoms with van der Waals surface area (Å²) in [7, 11) is 0. The van der Waals surface area contributed by atoms with Gasteiger partial charge in [0.05, 0.1) is 0 Å². The second-order valence-electron chi connectivity index (χ2n) is 6.19. The first-order chi connectivity index (χ1) is 13.6. The number of hydrogen-bond acceptors (Lipinski definition) is 1. The minimum atomic E-state index is -4.62. The van der Waals surface area contributed by atoms with Crippen molar-refractivity contribution < 1.29 is 35.5 Å². The van der Waals surface area contributed by atoms with Gasteiger partial charge in [-0.3, -0.25) is 0 Å². The van der Waals surface area contributed by atoms with Gasteiger partial charge in [-0.1, -0.05) is 31.2 Å². The molecule has 8 heteroatoms. The topological polar surface area (TPSA) is 9.23 Å². The van der Waals surface area contributed by atoms with Crippen LogP contribution < -0.4 is 4.74 Å². The average Bonchev–Trinajstić information content (AvgIpc) is 2.65. The summed E-state index contributed by atoms with van der Waals surface area (Å²) in [6, 6.07) is 8.32. The van der Waals surface area contributed by atoms with Crippen molar-refractivity contribution in [1.29, 1.82) is 0 Å². The van der Waals surface area contributed by atoms with Gasteiger partial charge in [-0.25, -0.2) is 22.0 Å². The van der Waals surface area contributed by atoms with Gasteiger partial charge in [-0.15, -0.1) is 0 Å². The molecule has 0 spiro atoms. The van der Waals surface area contributed by atoms with Crippen molar-refractivity contribution in [2.45, 2.75) is 19.5 Å². The van der Waals surface area contributed by atoms with Crippen LogP contribution in [0.25, 0.3) is 11.1 Å². The molecule has 0 aliphatic carbocycles. The van der Waals surface area contributed by atoms with E-state index in [0.29, 0.717) is 17.7 Å². The second-order valence-corrected chi connectivity index (χ2v) is 6.19. The van der Waals surface area contributed by atoms with Crippen LogP contribution >= 0.6 is 0 Å². The molecular formula is C21H13F7O. The molecule has 0 bridgehead atoms. The summed E-state index contributed by atoms with van der Waals surface area (Å²) in [6.07, 6.45) is -3.87. The van der Waals surface area contributed by atoms with Crippen LogP contribution in [0, 0.1) is 29.1 Å². The van der Waals surface area contributed by atoms with E-state index in [9.17, 15) is 30.7 Å². The minimum Gasteiger partial charge on any atom is -0.429 e. The Morgan fingerprint density at radius 2 is 1.24 bits per heavy atom. The third-order valence-corrected chi connectivity index (χ3v) is 4.23. The van der Waals surface area contributed by atoms with Gasteiger partial charge in [0.25, 0.3) is 0 Å². The van der Waals surface area contributed by atoms with Crippen LogP contribution in [0.4, 0.5) is 30.7 Å². The zero-order chi connectivity index (χ0) is 21.3. The van der Waals surface area contributed by atoms with Gasteiger partial charge in [0.15, 0.2) is 17.5 Å². The molecule has 1 nitrogen and oxygen atoms in total. The standard InChI is InChI=1S/C21H13F7O/c1-2-11-3-5-12(6-4-11)13-7-15(22)19(16(23)8-13)21(27,28)29-14-9-17(24)20(26)18(25)10-14/h3-10H,2H2,1H3. The highest BCUT2D eigenvalue weighted by Gasteiger charge is 2.41. The van der Waals surface area contributed by atoms with Crippen LogP contribution in [-0.4, -0.2) is 0 Å². The van der Waals surface area contributed by atoms with E-state index in [2.05, 4.69) is 4.74 Å². The average molecular weight is 414 g/mol. The van der Waals surface area contributed by atoms with Crippen LogP contribution in [-0.2, 0) is 12.5 Å². The van der Waals surface area contributed by atoms with Gasteiger partial charge in [0, 0.05) is 12.1 Å². The molecule has 0 aliphatic rings. The molecule has 29 heavy (non-hydrogen) atoms. The summed E-state index contributed by atoms with van der Waals surface area (Å²) in [5.74, 6) is -9.84. The van der Waals surface area contributed by atoms with Crippen molar-refractivity contribution >= 4 is 0 Å². The van der Waals surface area contributed by atoms with Crippen molar-refractivity contribution in [3.05, 3.63) is 88.7 Å². The summed E-state index contributed by atoms with van der Waals surface area (Å²) in [5.41, 5.74) is -0.346. The summed E-state index contributed by atoms with van der Waals surface area (Å²) in [5, 5.41) is 0. The third-order valence-electron chi connectivity index (χ3n) is 4.23. The molecule has 3 aromatic carbocycles. The highest BCUT2D eigenvalue weighted by atomic mass is 19.3. The Kier molecular flexibility index (Phi) is 5.55. The van der Waals surface area contributed by atoms with Crippen molar-refractivity contribution in [1.82, 2.24) is 0 Å². The molecule has 0 aromatic heterocycles. The first-order valence-electron chi connectivity index (χ1n) is 8.42. The van der Waals surface area contributed by atoms with Gasteiger partial charge in [0.2, 0.25) is 0 Å². The van der Waals surface area contributed by atoms with E-state index in [1.807, 2.05) is 6.92 Å². The Morgan fingerprint density at radius 1 is 0.724 bits per heavy atom. The maximum absolute atomic E-state index is 14.4. The molecule has 0 radical (unpaired) electrons. The van der Waals surface area contributed by atoms with E-state index in [1.54, 1.807) is 24.3 Å². The van der Waals surface area contributed by atoms with E-state index in [1.165, 1.54) is 0 Å². The lowest BCUT2D eigenvalue weighted by Gasteiger charge is -2.20. The quantitative estimate of drug-likeness (QED) is 0.332. The van der Waals surface area contributed by atoms with Crippen LogP contribution in [0.15, 0.2) is 48.5 Å². The summed E-state index contributed by atoms with van der Waals surface area (Å²) in [6.45, 7) is 1.92. The van der Waals surface area contributed by atoms with Gasteiger partial charge in [-0.05, 0) is 35.2 Å². The number of benzene rings is 3. The van der Waals surface area contributed by atoms with Crippen molar-refractivity contribution in [2.75, 3.05) is 0 Å². The fourth-order valence-electron chi connectivity index (χ4n) is 2.74. The molecule has 152 valence electrons. The van der Waals surface area contributed by atoms with Gasteiger partial charge in [-0.2, -0.15) is 8.78 Å². The zero-order valence-electron chi connectivity index (χ0n) is 14.9. The maximum Gasteiger partial charge on any atom is 0.432 e. The monoisotopic (exact) mass is 414 g/mol. The lowest BCUT2D eigenvalue weighted by molar-refractivity contribution is -0.189. The predicted molar refractivity (Wildman–Crippen MR) is 92.0 cm³/mol. The lowest BCUT2D eigenvalue weighted by Crippen LogP contribution is -2.25. The first kappa shape index (κ1) is 20.7. The molecule has 3 aromatic rings. The Labute approximate surface area is 161 Å². The number of aryl methyl sites for hydroxylation is 1.